The monoisotopic (exact) mass is 177 g/mol. The molecule has 0 heterocycles. The third-order valence-electron chi connectivity index (χ3n) is 1.28. The number of ether oxygens (including phenoxy) is 3. The first-order valence-corrected chi connectivity index (χ1v) is 4.33. The molecule has 0 aliphatic carbocycles. The highest BCUT2D eigenvalue weighted by Gasteiger charge is 2.25. The summed E-state index contributed by atoms with van der Waals surface area (Å²) < 4.78 is 15.5. The van der Waals surface area contributed by atoms with Gasteiger partial charge in [0.25, 0.3) is 0 Å². The lowest BCUT2D eigenvalue weighted by atomic mass is 10.5. The largest absolute Gasteiger partial charge is 0.375 e. The van der Waals surface area contributed by atoms with Crippen molar-refractivity contribution in [3.05, 3.63) is 0 Å². The van der Waals surface area contributed by atoms with Gasteiger partial charge in [-0.15, -0.1) is 0 Å². The second-order valence-corrected chi connectivity index (χ2v) is 2.31. The molecule has 0 unspecified atom stereocenters. The minimum absolute atomic E-state index is 0.269. The SMILES string of the molecule is CCOCC(N)(OCC)OCC. The van der Waals surface area contributed by atoms with Crippen molar-refractivity contribution in [3.8, 4) is 0 Å². The molecule has 0 fully saturated rings. The molecule has 4 nitrogen and oxygen atoms in total. The van der Waals surface area contributed by atoms with Gasteiger partial charge in [0.2, 0.25) is 5.91 Å². The maximum Gasteiger partial charge on any atom is 0.249 e. The van der Waals surface area contributed by atoms with Crippen LogP contribution in [0.5, 0.6) is 0 Å². The molecule has 0 bridgehead atoms. The summed E-state index contributed by atoms with van der Waals surface area (Å²) >= 11 is 0. The molecule has 0 aliphatic heterocycles. The minimum Gasteiger partial charge on any atom is -0.375 e. The Morgan fingerprint density at radius 1 is 1.00 bits per heavy atom. The first-order valence-electron chi connectivity index (χ1n) is 4.33. The minimum atomic E-state index is -1.07. The predicted molar refractivity (Wildman–Crippen MR) is 46.7 cm³/mol. The fourth-order valence-electron chi connectivity index (χ4n) is 0.858. The van der Waals surface area contributed by atoms with Crippen LogP contribution in [0.1, 0.15) is 20.8 Å². The van der Waals surface area contributed by atoms with E-state index in [2.05, 4.69) is 0 Å². The Morgan fingerprint density at radius 3 is 1.83 bits per heavy atom. The second-order valence-electron chi connectivity index (χ2n) is 2.31. The normalized spacial score (nSPS) is 12.0. The van der Waals surface area contributed by atoms with Crippen molar-refractivity contribution in [1.82, 2.24) is 0 Å². The van der Waals surface area contributed by atoms with E-state index in [1.165, 1.54) is 0 Å². The molecule has 0 amide bonds. The van der Waals surface area contributed by atoms with Gasteiger partial charge in [0.05, 0.1) is 0 Å². The fourth-order valence-corrected chi connectivity index (χ4v) is 0.858. The maximum absolute atomic E-state index is 5.74. The van der Waals surface area contributed by atoms with E-state index in [1.54, 1.807) is 0 Å². The van der Waals surface area contributed by atoms with Crippen molar-refractivity contribution in [2.24, 2.45) is 5.73 Å². The topological polar surface area (TPSA) is 53.7 Å². The molecule has 0 radical (unpaired) electrons. The predicted octanol–water partition coefficient (Wildman–Crippen LogP) is 0.708. The quantitative estimate of drug-likeness (QED) is 0.582. The van der Waals surface area contributed by atoms with E-state index in [4.69, 9.17) is 19.9 Å². The summed E-state index contributed by atoms with van der Waals surface area (Å²) in [5.41, 5.74) is 5.74. The number of nitrogens with two attached hydrogens (primary N) is 1. The van der Waals surface area contributed by atoms with E-state index in [0.29, 0.717) is 19.8 Å². The number of hydrogen-bond acceptors (Lipinski definition) is 4. The van der Waals surface area contributed by atoms with Gasteiger partial charge in [-0.2, -0.15) is 0 Å². The van der Waals surface area contributed by atoms with E-state index in [9.17, 15) is 0 Å². The van der Waals surface area contributed by atoms with E-state index < -0.39 is 5.91 Å². The van der Waals surface area contributed by atoms with Gasteiger partial charge in [-0.05, 0) is 20.8 Å². The van der Waals surface area contributed by atoms with Crippen molar-refractivity contribution >= 4 is 0 Å². The highest BCUT2D eigenvalue weighted by Crippen LogP contribution is 2.05. The third-order valence-corrected chi connectivity index (χ3v) is 1.28. The Bertz CT molecular complexity index is 102. The average molecular weight is 177 g/mol. The lowest BCUT2D eigenvalue weighted by Crippen LogP contribution is -2.50. The van der Waals surface area contributed by atoms with E-state index in [0.717, 1.165) is 0 Å². The lowest BCUT2D eigenvalue weighted by Gasteiger charge is -2.27. The molecule has 0 aliphatic rings. The molecule has 0 saturated carbocycles. The summed E-state index contributed by atoms with van der Waals surface area (Å²) in [6.07, 6.45) is 0. The van der Waals surface area contributed by atoms with Crippen LogP contribution < -0.4 is 5.73 Å². The summed E-state index contributed by atoms with van der Waals surface area (Å²) in [6, 6.07) is 0. The Hall–Kier alpha value is -0.160. The first-order chi connectivity index (χ1) is 5.68. The fraction of sp³-hybridized carbons (Fsp3) is 1.00. The molecule has 0 spiro atoms. The van der Waals surface area contributed by atoms with Gasteiger partial charge < -0.3 is 14.2 Å². The van der Waals surface area contributed by atoms with Crippen molar-refractivity contribution in [1.29, 1.82) is 0 Å². The van der Waals surface area contributed by atoms with Gasteiger partial charge in [-0.25, -0.2) is 0 Å². The molecule has 2 N–H and O–H groups in total. The van der Waals surface area contributed by atoms with Crippen molar-refractivity contribution in [2.75, 3.05) is 26.4 Å². The zero-order valence-electron chi connectivity index (χ0n) is 8.13. The molecule has 0 aromatic heterocycles. The van der Waals surface area contributed by atoms with Gasteiger partial charge in [0.15, 0.2) is 0 Å². The molecular formula is C8H19NO3. The third kappa shape index (κ3) is 4.66. The standard InChI is InChI=1S/C8H19NO3/c1-4-10-7-8(9,11-5-2)12-6-3/h4-7,9H2,1-3H3. The summed E-state index contributed by atoms with van der Waals surface area (Å²) in [5, 5.41) is 0. The van der Waals surface area contributed by atoms with Gasteiger partial charge in [0.1, 0.15) is 6.61 Å². The number of hydrogen-bond donors (Lipinski definition) is 1. The molecule has 0 saturated heterocycles. The highest BCUT2D eigenvalue weighted by atomic mass is 16.7. The molecule has 0 rings (SSSR count). The Labute approximate surface area is 74.0 Å². The summed E-state index contributed by atoms with van der Waals surface area (Å²) in [7, 11) is 0. The van der Waals surface area contributed by atoms with Crippen LogP contribution in [0.15, 0.2) is 0 Å². The average Bonchev–Trinajstić information content (AvgIpc) is 2.02. The van der Waals surface area contributed by atoms with Gasteiger partial charge in [0, 0.05) is 19.8 Å². The maximum atomic E-state index is 5.74. The van der Waals surface area contributed by atoms with E-state index in [-0.39, 0.29) is 6.61 Å². The van der Waals surface area contributed by atoms with Crippen LogP contribution in [0.3, 0.4) is 0 Å². The highest BCUT2D eigenvalue weighted by molar-refractivity contribution is 4.58. The van der Waals surface area contributed by atoms with E-state index >= 15 is 0 Å². The van der Waals surface area contributed by atoms with Gasteiger partial charge in [-0.1, -0.05) is 0 Å². The summed E-state index contributed by atoms with van der Waals surface area (Å²) in [6.45, 7) is 7.55. The van der Waals surface area contributed by atoms with Crippen LogP contribution in [0.2, 0.25) is 0 Å². The van der Waals surface area contributed by atoms with Crippen LogP contribution >= 0.6 is 0 Å². The molecule has 74 valence electrons. The van der Waals surface area contributed by atoms with Crippen molar-refractivity contribution < 1.29 is 14.2 Å². The molecule has 4 heteroatoms. The van der Waals surface area contributed by atoms with Crippen LogP contribution in [-0.2, 0) is 14.2 Å². The Balaban J connectivity index is 3.80. The molecular weight excluding hydrogens is 158 g/mol. The zero-order valence-corrected chi connectivity index (χ0v) is 8.13. The van der Waals surface area contributed by atoms with Crippen molar-refractivity contribution in [3.63, 3.8) is 0 Å². The van der Waals surface area contributed by atoms with Crippen molar-refractivity contribution in [2.45, 2.75) is 26.7 Å². The van der Waals surface area contributed by atoms with Crippen LogP contribution in [0, 0.1) is 0 Å². The lowest BCUT2D eigenvalue weighted by molar-refractivity contribution is -0.253. The Kier molecular flexibility index (Phi) is 6.28. The van der Waals surface area contributed by atoms with Crippen LogP contribution in [0.25, 0.3) is 0 Å². The van der Waals surface area contributed by atoms with Gasteiger partial charge >= 0.3 is 0 Å². The Morgan fingerprint density at radius 2 is 1.50 bits per heavy atom. The van der Waals surface area contributed by atoms with Crippen LogP contribution in [-0.4, -0.2) is 32.3 Å². The zero-order chi connectivity index (χ0) is 9.45. The number of rotatable bonds is 7. The molecule has 12 heavy (non-hydrogen) atoms. The second kappa shape index (κ2) is 6.37. The van der Waals surface area contributed by atoms with Gasteiger partial charge in [-0.3, -0.25) is 5.73 Å². The summed E-state index contributed by atoms with van der Waals surface area (Å²) in [4.78, 5) is 0. The molecule has 0 aromatic rings. The van der Waals surface area contributed by atoms with E-state index in [1.807, 2.05) is 20.8 Å². The molecule has 0 atom stereocenters. The first kappa shape index (κ1) is 11.8. The van der Waals surface area contributed by atoms with Crippen LogP contribution in [0.4, 0.5) is 0 Å². The summed E-state index contributed by atoms with van der Waals surface area (Å²) in [5.74, 6) is -1.07. The molecule has 0 aromatic carbocycles. The smallest absolute Gasteiger partial charge is 0.249 e.